The van der Waals surface area contributed by atoms with Gasteiger partial charge in [-0.15, -0.1) is 0 Å². The molecule has 1 rings (SSSR count). The van der Waals surface area contributed by atoms with Gasteiger partial charge in [0.1, 0.15) is 0 Å². The van der Waals surface area contributed by atoms with Crippen LogP contribution in [-0.2, 0) is 9.47 Å². The highest BCUT2D eigenvalue weighted by Gasteiger charge is 2.46. The van der Waals surface area contributed by atoms with Gasteiger partial charge in [-0.3, -0.25) is 0 Å². The van der Waals surface area contributed by atoms with E-state index >= 15 is 0 Å². The Hall–Kier alpha value is 1.04. The van der Waals surface area contributed by atoms with Crippen molar-refractivity contribution in [2.24, 2.45) is 10.8 Å². The van der Waals surface area contributed by atoms with Gasteiger partial charge >= 0.3 is 11.9 Å². The van der Waals surface area contributed by atoms with Gasteiger partial charge in [-0.25, -0.2) is 9.59 Å². The maximum absolute atomic E-state index is 12.8. The fraction of sp³-hybridized carbons (Fsp3) is 0.556. The van der Waals surface area contributed by atoms with E-state index in [1.807, 2.05) is 27.7 Å². The molecule has 0 saturated carbocycles. The Labute approximate surface area is 216 Å². The molecule has 0 N–H and O–H groups in total. The van der Waals surface area contributed by atoms with Crippen molar-refractivity contribution in [3.05, 3.63) is 35.4 Å². The normalized spacial score (nSPS) is 13.2. The van der Waals surface area contributed by atoms with Crippen molar-refractivity contribution in [3.63, 3.8) is 0 Å². The zero-order valence-corrected chi connectivity index (χ0v) is 25.1. The third-order valence-corrected chi connectivity index (χ3v) is 11.8. The number of carbonyl (C=O) groups excluding carboxylic acids is 2. The minimum absolute atomic E-state index is 0.105. The molecule has 0 spiro atoms. The molecule has 158 valence electrons. The number of rotatable bonds is 8. The second kappa shape index (κ2) is 10.1. The van der Waals surface area contributed by atoms with E-state index in [9.17, 15) is 9.59 Å². The minimum atomic E-state index is -1.13. The van der Waals surface area contributed by atoms with Gasteiger partial charge < -0.3 is 9.47 Å². The maximum atomic E-state index is 12.8. The first-order chi connectivity index (χ1) is 12.6. The first-order valence-electron chi connectivity index (χ1n) is 8.05. The Morgan fingerprint density at radius 3 is 1.29 bits per heavy atom. The van der Waals surface area contributed by atoms with Crippen molar-refractivity contribution in [1.29, 1.82) is 0 Å². The summed E-state index contributed by atoms with van der Waals surface area (Å²) < 4.78 is 8.97. The van der Waals surface area contributed by atoms with Crippen LogP contribution in [0.5, 0.6) is 0 Å². The molecule has 0 saturated heterocycles. The third kappa shape index (κ3) is 6.28. The van der Waals surface area contributed by atoms with E-state index in [0.717, 1.165) is 0 Å². The van der Waals surface area contributed by atoms with E-state index in [1.165, 1.54) is 12.1 Å². The summed E-state index contributed by atoms with van der Waals surface area (Å²) in [5.41, 5.74) is -0.736. The number of carbonyl (C=O) groups is 2. The van der Waals surface area contributed by atoms with E-state index < -0.39 is 29.6 Å². The van der Waals surface area contributed by atoms with Crippen LogP contribution in [0.1, 0.15) is 48.4 Å². The second-order valence-corrected chi connectivity index (χ2v) is 15.1. The van der Waals surface area contributed by atoms with E-state index in [0.29, 0.717) is 10.7 Å². The molecule has 0 radical (unpaired) electrons. The molecule has 0 unspecified atom stereocenters. The lowest BCUT2D eigenvalue weighted by molar-refractivity contribution is 0.0180. The molecule has 0 atom stereocenters. The van der Waals surface area contributed by atoms with E-state index in [1.54, 1.807) is 12.1 Å². The van der Waals surface area contributed by atoms with Crippen molar-refractivity contribution < 1.29 is 19.1 Å². The Morgan fingerprint density at radius 1 is 0.750 bits per heavy atom. The number of esters is 2. The predicted molar refractivity (Wildman–Crippen MR) is 134 cm³/mol. The highest BCUT2D eigenvalue weighted by atomic mass is 79.9. The van der Waals surface area contributed by atoms with Gasteiger partial charge in [-0.05, 0) is 75.9 Å². The molecule has 0 bridgehead atoms. The van der Waals surface area contributed by atoms with Crippen molar-refractivity contribution in [3.8, 4) is 0 Å². The molecule has 10 heteroatoms. The summed E-state index contributed by atoms with van der Waals surface area (Å²) in [6.07, 6.45) is 0. The Kier molecular flexibility index (Phi) is 9.77. The van der Waals surface area contributed by atoms with Gasteiger partial charge in [0.25, 0.3) is 0 Å². The average Bonchev–Trinajstić information content (AvgIpc) is 2.60. The monoisotopic (exact) mass is 774 g/mol. The molecule has 28 heavy (non-hydrogen) atoms. The zero-order valence-electron chi connectivity index (χ0n) is 15.6. The van der Waals surface area contributed by atoms with Gasteiger partial charge in [0.2, 0.25) is 6.84 Å². The van der Waals surface area contributed by atoms with E-state index in [-0.39, 0.29) is 11.1 Å². The number of halogens is 6. The molecule has 0 aliphatic heterocycles. The molecule has 1 aromatic carbocycles. The lowest BCUT2D eigenvalue weighted by Gasteiger charge is -2.36. The predicted octanol–water partition coefficient (Wildman–Crippen LogP) is 7.73. The van der Waals surface area contributed by atoms with Crippen LogP contribution >= 0.6 is 95.6 Å². The topological polar surface area (TPSA) is 52.6 Å². The van der Waals surface area contributed by atoms with Crippen molar-refractivity contribution >= 4 is 108 Å². The second-order valence-electron chi connectivity index (χ2n) is 7.39. The summed E-state index contributed by atoms with van der Waals surface area (Å²) in [6, 6.07) is 6.36. The van der Waals surface area contributed by atoms with Crippen LogP contribution in [-0.4, -0.2) is 29.4 Å². The van der Waals surface area contributed by atoms with Crippen molar-refractivity contribution in [1.82, 2.24) is 0 Å². The van der Waals surface area contributed by atoms with Gasteiger partial charge in [-0.2, -0.15) is 0 Å². The standard InChI is InChI=1S/C18H20Br6O4/c1-15(2,9-19)17(21,22)27-13(25)11-7-5-6-8-12(11)14(26)28-18(23,24)16(3,4)10-20/h5-8H,9-10H2,1-4H3. The fourth-order valence-electron chi connectivity index (χ4n) is 1.61. The van der Waals surface area contributed by atoms with Crippen molar-refractivity contribution in [2.45, 2.75) is 34.5 Å². The average molecular weight is 780 g/mol. The first kappa shape index (κ1) is 27.1. The van der Waals surface area contributed by atoms with Crippen molar-refractivity contribution in [2.75, 3.05) is 10.7 Å². The Balaban J connectivity index is 3.18. The fourth-order valence-corrected chi connectivity index (χ4v) is 5.06. The SMILES string of the molecule is CC(C)(CBr)C(Br)(Br)OC(=O)c1ccccc1C(=O)OC(Br)(Br)C(C)(C)CBr. The van der Waals surface area contributed by atoms with Gasteiger partial charge in [-0.1, -0.05) is 71.7 Å². The highest BCUT2D eigenvalue weighted by Crippen LogP contribution is 2.48. The van der Waals surface area contributed by atoms with Gasteiger partial charge in [0, 0.05) is 21.5 Å². The molecule has 0 heterocycles. The van der Waals surface area contributed by atoms with Crippen LogP contribution in [0.4, 0.5) is 0 Å². The molecule has 0 aromatic heterocycles. The lowest BCUT2D eigenvalue weighted by Crippen LogP contribution is -2.40. The molecule has 4 nitrogen and oxygen atoms in total. The van der Waals surface area contributed by atoms with Crippen LogP contribution in [0.15, 0.2) is 24.3 Å². The molecule has 1 aromatic rings. The van der Waals surface area contributed by atoms with Gasteiger partial charge in [0.05, 0.1) is 11.1 Å². The molecule has 0 aliphatic rings. The quantitative estimate of drug-likeness (QED) is 0.200. The van der Waals surface area contributed by atoms with Crippen LogP contribution < -0.4 is 0 Å². The Bertz CT molecular complexity index is 670. The number of hydrogen-bond donors (Lipinski definition) is 0. The summed E-state index contributed by atoms with van der Waals surface area (Å²) in [4.78, 5) is 25.7. The molecule has 0 aliphatic carbocycles. The molecule has 0 fully saturated rings. The summed E-state index contributed by atoms with van der Waals surface area (Å²) in [5, 5.41) is 1.12. The molecular formula is C18H20Br6O4. The molecule has 0 amide bonds. The molecular weight excluding hydrogens is 760 g/mol. The number of benzene rings is 1. The summed E-state index contributed by atoms with van der Waals surface area (Å²) in [6.45, 7) is 7.63. The van der Waals surface area contributed by atoms with Crippen LogP contribution in [0.2, 0.25) is 0 Å². The lowest BCUT2D eigenvalue weighted by atomic mass is 9.98. The zero-order chi connectivity index (χ0) is 22.0. The number of alkyl halides is 6. The highest BCUT2D eigenvalue weighted by molar-refractivity contribution is 9.25. The Morgan fingerprint density at radius 2 is 1.04 bits per heavy atom. The minimum Gasteiger partial charge on any atom is -0.433 e. The maximum Gasteiger partial charge on any atom is 0.341 e. The van der Waals surface area contributed by atoms with Gasteiger partial charge in [0.15, 0.2) is 0 Å². The third-order valence-electron chi connectivity index (χ3n) is 4.05. The van der Waals surface area contributed by atoms with Crippen LogP contribution in [0.3, 0.4) is 0 Å². The van der Waals surface area contributed by atoms with E-state index in [4.69, 9.17) is 9.47 Å². The summed E-state index contributed by atoms with van der Waals surface area (Å²) in [7, 11) is 0. The van der Waals surface area contributed by atoms with E-state index in [2.05, 4.69) is 95.6 Å². The van der Waals surface area contributed by atoms with Crippen LogP contribution in [0, 0.1) is 10.8 Å². The van der Waals surface area contributed by atoms with Crippen LogP contribution in [0.25, 0.3) is 0 Å². The first-order valence-corrected chi connectivity index (χ1v) is 13.5. The summed E-state index contributed by atoms with van der Waals surface area (Å²) in [5.74, 6) is -1.32. The smallest absolute Gasteiger partial charge is 0.341 e. The largest absolute Gasteiger partial charge is 0.433 e. The number of ether oxygens (including phenoxy) is 2. The number of hydrogen-bond acceptors (Lipinski definition) is 4. The summed E-state index contributed by atoms with van der Waals surface area (Å²) >= 11 is 20.5.